The number of rotatable bonds is 8. The Morgan fingerprint density at radius 1 is 0.808 bits per heavy atom. The maximum Gasteiger partial charge on any atom is 0.244 e. The predicted molar refractivity (Wildman–Crippen MR) is 107 cm³/mol. The molecule has 2 nitrogen and oxygen atoms in total. The van der Waals surface area contributed by atoms with E-state index in [9.17, 15) is 0 Å². The Morgan fingerprint density at radius 2 is 1.42 bits per heavy atom. The van der Waals surface area contributed by atoms with Crippen molar-refractivity contribution in [3.05, 3.63) is 78.4 Å². The minimum Gasteiger partial charge on any atom is -0.237 e. The molecule has 1 aliphatic carbocycles. The molecule has 0 amide bonds. The van der Waals surface area contributed by atoms with Gasteiger partial charge in [0.1, 0.15) is 12.4 Å². The average molecular weight is 346 g/mol. The molecule has 4 rings (SSSR count). The summed E-state index contributed by atoms with van der Waals surface area (Å²) in [6.45, 7) is 3.40. The van der Waals surface area contributed by atoms with Gasteiger partial charge in [0.05, 0.1) is 6.54 Å². The molecule has 26 heavy (non-hydrogen) atoms. The highest BCUT2D eigenvalue weighted by Gasteiger charge is 2.32. The Labute approximate surface area is 157 Å². The minimum atomic E-state index is 0.299. The van der Waals surface area contributed by atoms with Gasteiger partial charge >= 0.3 is 0 Å². The lowest BCUT2D eigenvalue weighted by atomic mass is 10.1. The lowest BCUT2D eigenvalue weighted by molar-refractivity contribution is -0.697. The number of nitrogens with zero attached hydrogens (tertiary/aromatic N) is 2. The van der Waals surface area contributed by atoms with Gasteiger partial charge < -0.3 is 0 Å². The average Bonchev–Trinajstić information content (AvgIpc) is 3.27. The second kappa shape index (κ2) is 7.90. The predicted octanol–water partition coefficient (Wildman–Crippen LogP) is 5.75. The zero-order valence-electron chi connectivity index (χ0n) is 15.8. The Morgan fingerprint density at radius 3 is 2.12 bits per heavy atom. The molecule has 0 saturated heterocycles. The standard InChI is InChI=1S/C24H29N2/c1-2-3-4-5-6-11-16-25-17-18-26(19-25)24-22-14-9-7-12-20(22)21-13-8-10-15-23(21)24/h7-10,12-15,17-19,24H,2-6,11,16H2,1H3/q+1. The van der Waals surface area contributed by atoms with Gasteiger partial charge in [-0.3, -0.25) is 0 Å². The largest absolute Gasteiger partial charge is 0.244 e. The molecule has 3 aromatic rings. The van der Waals surface area contributed by atoms with Gasteiger partial charge in [-0.05, 0) is 24.0 Å². The maximum absolute atomic E-state index is 2.38. The van der Waals surface area contributed by atoms with Gasteiger partial charge in [-0.2, -0.15) is 0 Å². The lowest BCUT2D eigenvalue weighted by Gasteiger charge is -2.09. The van der Waals surface area contributed by atoms with Crippen molar-refractivity contribution in [3.8, 4) is 11.1 Å². The van der Waals surface area contributed by atoms with E-state index >= 15 is 0 Å². The fourth-order valence-electron chi connectivity index (χ4n) is 4.22. The minimum absolute atomic E-state index is 0.299. The monoisotopic (exact) mass is 345 g/mol. The summed E-state index contributed by atoms with van der Waals surface area (Å²) in [7, 11) is 0. The third-order valence-corrected chi connectivity index (χ3v) is 5.58. The van der Waals surface area contributed by atoms with Gasteiger partial charge in [-0.25, -0.2) is 9.13 Å². The normalized spacial score (nSPS) is 13.0. The Hall–Kier alpha value is -2.35. The number of hydrogen-bond acceptors (Lipinski definition) is 0. The number of benzene rings is 2. The van der Waals surface area contributed by atoms with Gasteiger partial charge in [-0.1, -0.05) is 81.1 Å². The number of aryl methyl sites for hydroxylation is 1. The van der Waals surface area contributed by atoms with E-state index in [1.165, 1.54) is 60.8 Å². The van der Waals surface area contributed by atoms with Crippen LogP contribution < -0.4 is 4.57 Å². The number of aromatic nitrogens is 2. The lowest BCUT2D eigenvalue weighted by Crippen LogP contribution is -2.31. The second-order valence-electron chi connectivity index (χ2n) is 7.44. The Kier molecular flexibility index (Phi) is 5.19. The molecule has 0 saturated carbocycles. The molecule has 1 heterocycles. The van der Waals surface area contributed by atoms with Crippen LogP contribution in [0.2, 0.25) is 0 Å². The van der Waals surface area contributed by atoms with Crippen LogP contribution in [0.1, 0.15) is 62.6 Å². The van der Waals surface area contributed by atoms with E-state index in [1.807, 2.05) is 0 Å². The fourth-order valence-corrected chi connectivity index (χ4v) is 4.22. The molecule has 0 bridgehead atoms. The van der Waals surface area contributed by atoms with E-state index in [0.29, 0.717) is 6.04 Å². The molecule has 0 spiro atoms. The zero-order chi connectivity index (χ0) is 17.8. The van der Waals surface area contributed by atoms with E-state index in [4.69, 9.17) is 0 Å². The van der Waals surface area contributed by atoms with E-state index in [1.54, 1.807) is 0 Å². The molecule has 134 valence electrons. The van der Waals surface area contributed by atoms with Crippen molar-refractivity contribution in [2.75, 3.05) is 0 Å². The van der Waals surface area contributed by atoms with E-state index in [0.717, 1.165) is 6.54 Å². The number of hydrogen-bond donors (Lipinski definition) is 0. The first kappa shape index (κ1) is 17.1. The topological polar surface area (TPSA) is 8.81 Å². The Balaban J connectivity index is 1.49. The summed E-state index contributed by atoms with van der Waals surface area (Å²) >= 11 is 0. The van der Waals surface area contributed by atoms with Crippen molar-refractivity contribution in [1.82, 2.24) is 4.57 Å². The van der Waals surface area contributed by atoms with Crippen LogP contribution in [0.3, 0.4) is 0 Å². The molecular weight excluding hydrogens is 316 g/mol. The van der Waals surface area contributed by atoms with E-state index < -0.39 is 0 Å². The van der Waals surface area contributed by atoms with Crippen molar-refractivity contribution in [2.24, 2.45) is 0 Å². The molecule has 1 aromatic heterocycles. The maximum atomic E-state index is 2.38. The van der Waals surface area contributed by atoms with Crippen molar-refractivity contribution in [2.45, 2.75) is 58.0 Å². The highest BCUT2D eigenvalue weighted by molar-refractivity contribution is 5.78. The van der Waals surface area contributed by atoms with Crippen LogP contribution in [-0.2, 0) is 6.54 Å². The summed E-state index contributed by atoms with van der Waals surface area (Å²) in [6, 6.07) is 18.0. The van der Waals surface area contributed by atoms with Gasteiger partial charge in [0.15, 0.2) is 6.04 Å². The van der Waals surface area contributed by atoms with Crippen LogP contribution in [0.4, 0.5) is 0 Å². The SMILES string of the molecule is CCCCCCCC[n+]1ccn(C2c3ccccc3-c3ccccc32)c1. The molecule has 1 aliphatic rings. The number of fused-ring (bicyclic) bond motifs is 3. The summed E-state index contributed by atoms with van der Waals surface area (Å²) in [6.07, 6.45) is 14.8. The summed E-state index contributed by atoms with van der Waals surface area (Å²) in [4.78, 5) is 0. The fraction of sp³-hybridized carbons (Fsp3) is 0.375. The summed E-state index contributed by atoms with van der Waals surface area (Å²) in [5, 5.41) is 0. The van der Waals surface area contributed by atoms with Crippen LogP contribution in [0, 0.1) is 0 Å². The van der Waals surface area contributed by atoms with Crippen LogP contribution >= 0.6 is 0 Å². The molecular formula is C24H29N2+. The highest BCUT2D eigenvalue weighted by Crippen LogP contribution is 2.44. The first-order valence-electron chi connectivity index (χ1n) is 10.1. The van der Waals surface area contributed by atoms with Crippen LogP contribution in [0.25, 0.3) is 11.1 Å². The molecule has 2 heteroatoms. The molecule has 2 aromatic carbocycles. The van der Waals surface area contributed by atoms with Gasteiger partial charge in [0, 0.05) is 11.1 Å². The van der Waals surface area contributed by atoms with Crippen molar-refractivity contribution in [3.63, 3.8) is 0 Å². The second-order valence-corrected chi connectivity index (χ2v) is 7.44. The van der Waals surface area contributed by atoms with E-state index in [-0.39, 0.29) is 0 Å². The van der Waals surface area contributed by atoms with E-state index in [2.05, 4.69) is 83.3 Å². The van der Waals surface area contributed by atoms with Gasteiger partial charge in [-0.15, -0.1) is 0 Å². The summed E-state index contributed by atoms with van der Waals surface area (Å²) in [5.74, 6) is 0. The molecule has 0 N–H and O–H groups in total. The Bertz CT molecular complexity index is 816. The molecule has 0 unspecified atom stereocenters. The van der Waals surface area contributed by atoms with Crippen LogP contribution in [0.15, 0.2) is 67.3 Å². The quantitative estimate of drug-likeness (QED) is 0.284. The molecule has 0 atom stereocenters. The number of imidazole rings is 1. The van der Waals surface area contributed by atoms with Crippen LogP contribution in [0.5, 0.6) is 0 Å². The van der Waals surface area contributed by atoms with Gasteiger partial charge in [0.25, 0.3) is 0 Å². The molecule has 0 aliphatic heterocycles. The number of unbranched alkanes of at least 4 members (excludes halogenated alkanes) is 5. The van der Waals surface area contributed by atoms with Crippen molar-refractivity contribution >= 4 is 0 Å². The van der Waals surface area contributed by atoms with Crippen LogP contribution in [-0.4, -0.2) is 4.57 Å². The summed E-state index contributed by atoms with van der Waals surface area (Å²) < 4.78 is 4.73. The third-order valence-electron chi connectivity index (χ3n) is 5.58. The molecule has 0 fully saturated rings. The highest BCUT2D eigenvalue weighted by atomic mass is 15.1. The summed E-state index contributed by atoms with van der Waals surface area (Å²) in [5.41, 5.74) is 5.58. The first-order valence-corrected chi connectivity index (χ1v) is 10.1. The van der Waals surface area contributed by atoms with Gasteiger partial charge in [0.2, 0.25) is 6.33 Å². The zero-order valence-corrected chi connectivity index (χ0v) is 15.8. The van der Waals surface area contributed by atoms with Crippen molar-refractivity contribution in [1.29, 1.82) is 0 Å². The van der Waals surface area contributed by atoms with Crippen molar-refractivity contribution < 1.29 is 4.57 Å². The molecule has 0 radical (unpaired) electrons. The third kappa shape index (κ3) is 3.33. The smallest absolute Gasteiger partial charge is 0.237 e. The first-order chi connectivity index (χ1) is 12.9.